The van der Waals surface area contributed by atoms with E-state index in [1.54, 1.807) is 12.1 Å². The van der Waals surface area contributed by atoms with Crippen LogP contribution in [0.1, 0.15) is 22.3 Å². The number of aliphatic imine (C=N–C) groups is 1. The number of amidine groups is 1. The molecule has 7 heteroatoms. The van der Waals surface area contributed by atoms with Crippen LogP contribution in [0.3, 0.4) is 0 Å². The van der Waals surface area contributed by atoms with Gasteiger partial charge in [-0.1, -0.05) is 59.6 Å². The molecule has 0 atom stereocenters. The number of nitrogens with one attached hydrogen (secondary N) is 1. The molecule has 0 bridgehead atoms. The second-order valence-electron chi connectivity index (χ2n) is 7.33. The second-order valence-corrected chi connectivity index (χ2v) is 9.21. The average Bonchev–Trinajstić information content (AvgIpc) is 3.10. The first-order valence-electron chi connectivity index (χ1n) is 9.91. The van der Waals surface area contributed by atoms with Crippen molar-refractivity contribution in [3.8, 4) is 5.75 Å². The molecule has 0 radical (unpaired) electrons. The number of halogens is 2. The van der Waals surface area contributed by atoms with E-state index in [0.29, 0.717) is 25.9 Å². The Morgan fingerprint density at radius 1 is 1.06 bits per heavy atom. The number of thioether (sulfide) groups is 1. The highest BCUT2D eigenvalue weighted by Gasteiger charge is 2.24. The highest BCUT2D eigenvalue weighted by molar-refractivity contribution is 8.18. The zero-order chi connectivity index (χ0) is 22.7. The van der Waals surface area contributed by atoms with Crippen LogP contribution in [-0.4, -0.2) is 11.1 Å². The van der Waals surface area contributed by atoms with E-state index in [1.807, 2.05) is 68.5 Å². The van der Waals surface area contributed by atoms with Gasteiger partial charge in [-0.05, 0) is 67.1 Å². The maximum Gasteiger partial charge on any atom is 0.264 e. The van der Waals surface area contributed by atoms with Gasteiger partial charge >= 0.3 is 0 Å². The van der Waals surface area contributed by atoms with Gasteiger partial charge in [0.05, 0.1) is 10.6 Å². The lowest BCUT2D eigenvalue weighted by Gasteiger charge is -2.11. The van der Waals surface area contributed by atoms with Crippen molar-refractivity contribution in [1.29, 1.82) is 0 Å². The molecule has 0 aromatic heterocycles. The zero-order valence-corrected chi connectivity index (χ0v) is 19.8. The van der Waals surface area contributed by atoms with E-state index in [9.17, 15) is 4.79 Å². The van der Waals surface area contributed by atoms with Crippen LogP contribution in [0.25, 0.3) is 6.08 Å². The Balaban J connectivity index is 1.54. The predicted octanol–water partition coefficient (Wildman–Crippen LogP) is 7.08. The number of aryl methyl sites for hydroxylation is 2. The van der Waals surface area contributed by atoms with Crippen LogP contribution < -0.4 is 10.1 Å². The first kappa shape index (κ1) is 22.5. The highest BCUT2D eigenvalue weighted by atomic mass is 35.5. The zero-order valence-electron chi connectivity index (χ0n) is 17.5. The summed E-state index contributed by atoms with van der Waals surface area (Å²) in [4.78, 5) is 17.7. The van der Waals surface area contributed by atoms with Gasteiger partial charge in [-0.15, -0.1) is 0 Å². The lowest BCUT2D eigenvalue weighted by atomic mass is 10.1. The number of amides is 1. The minimum atomic E-state index is -0.186. The standard InChI is InChI=1S/C25H20Cl2N2O2S/c1-15-7-8-16(2)21(11-15)28-25-29-24(30)23(32-25)12-17-5-3-4-6-22(17)31-14-18-9-10-19(26)13-20(18)27/h3-13H,14H2,1-2H3,(H,28,29,30)/b23-12-. The van der Waals surface area contributed by atoms with Gasteiger partial charge in [0.2, 0.25) is 0 Å². The summed E-state index contributed by atoms with van der Waals surface area (Å²) in [6.07, 6.45) is 1.81. The van der Waals surface area contributed by atoms with Crippen molar-refractivity contribution in [2.45, 2.75) is 20.5 Å². The fraction of sp³-hybridized carbons (Fsp3) is 0.120. The Morgan fingerprint density at radius 2 is 1.88 bits per heavy atom. The molecule has 1 aliphatic rings. The first-order valence-corrected chi connectivity index (χ1v) is 11.5. The van der Waals surface area contributed by atoms with E-state index >= 15 is 0 Å². The molecule has 0 spiro atoms. The van der Waals surface area contributed by atoms with Gasteiger partial charge in [-0.2, -0.15) is 0 Å². The topological polar surface area (TPSA) is 50.7 Å². The molecule has 3 aromatic carbocycles. The molecular weight excluding hydrogens is 463 g/mol. The summed E-state index contributed by atoms with van der Waals surface area (Å²) in [5.41, 5.74) is 4.64. The number of benzene rings is 3. The van der Waals surface area contributed by atoms with Gasteiger partial charge in [0.25, 0.3) is 5.91 Å². The van der Waals surface area contributed by atoms with Gasteiger partial charge in [0.1, 0.15) is 12.4 Å². The Bertz CT molecular complexity index is 1250. The lowest BCUT2D eigenvalue weighted by molar-refractivity contribution is -0.115. The number of nitrogens with zero attached hydrogens (tertiary/aromatic N) is 1. The van der Waals surface area contributed by atoms with Gasteiger partial charge in [0, 0.05) is 21.2 Å². The van der Waals surface area contributed by atoms with Crippen LogP contribution in [0.5, 0.6) is 5.75 Å². The SMILES string of the molecule is Cc1ccc(C)c(N=C2NC(=O)/C(=C/c3ccccc3OCc3ccc(Cl)cc3Cl)S2)c1. The van der Waals surface area contributed by atoms with Gasteiger partial charge in [-0.25, -0.2) is 4.99 Å². The molecule has 162 valence electrons. The molecule has 4 nitrogen and oxygen atoms in total. The summed E-state index contributed by atoms with van der Waals surface area (Å²) < 4.78 is 6.00. The maximum absolute atomic E-state index is 12.5. The van der Waals surface area contributed by atoms with Crippen LogP contribution in [0.2, 0.25) is 10.0 Å². The summed E-state index contributed by atoms with van der Waals surface area (Å²) in [5, 5.41) is 4.52. The minimum Gasteiger partial charge on any atom is -0.488 e. The predicted molar refractivity (Wildman–Crippen MR) is 134 cm³/mol. The molecule has 1 amide bonds. The van der Waals surface area contributed by atoms with Crippen molar-refractivity contribution in [3.63, 3.8) is 0 Å². The molecule has 0 aliphatic carbocycles. The third kappa shape index (κ3) is 5.36. The molecule has 1 saturated heterocycles. The van der Waals surface area contributed by atoms with E-state index in [-0.39, 0.29) is 12.5 Å². The largest absolute Gasteiger partial charge is 0.488 e. The Labute approximate surface area is 201 Å². The summed E-state index contributed by atoms with van der Waals surface area (Å²) in [6, 6.07) is 18.9. The fourth-order valence-electron chi connectivity index (χ4n) is 3.10. The molecule has 0 unspecified atom stereocenters. The molecule has 3 aromatic rings. The highest BCUT2D eigenvalue weighted by Crippen LogP contribution is 2.32. The van der Waals surface area contributed by atoms with Crippen LogP contribution >= 0.6 is 35.0 Å². The van der Waals surface area contributed by atoms with E-state index < -0.39 is 0 Å². The number of hydrogen-bond donors (Lipinski definition) is 1. The van der Waals surface area contributed by atoms with Crippen LogP contribution in [0.4, 0.5) is 5.69 Å². The maximum atomic E-state index is 12.5. The Kier molecular flexibility index (Phi) is 6.89. The van der Waals surface area contributed by atoms with Crippen LogP contribution in [0.15, 0.2) is 70.6 Å². The number of carbonyl (C=O) groups is 1. The van der Waals surface area contributed by atoms with Gasteiger partial charge < -0.3 is 10.1 Å². The molecule has 32 heavy (non-hydrogen) atoms. The van der Waals surface area contributed by atoms with Gasteiger partial charge in [-0.3, -0.25) is 4.79 Å². The monoisotopic (exact) mass is 482 g/mol. The number of carbonyl (C=O) groups excluding carboxylic acids is 1. The fourth-order valence-corrected chi connectivity index (χ4v) is 4.39. The average molecular weight is 483 g/mol. The summed E-state index contributed by atoms with van der Waals surface area (Å²) in [6.45, 7) is 4.30. The smallest absolute Gasteiger partial charge is 0.264 e. The van der Waals surface area contributed by atoms with E-state index in [0.717, 1.165) is 27.9 Å². The third-order valence-electron chi connectivity index (χ3n) is 4.84. The molecule has 1 aliphatic heterocycles. The summed E-state index contributed by atoms with van der Waals surface area (Å²) >= 11 is 13.5. The Morgan fingerprint density at radius 3 is 2.69 bits per heavy atom. The Hall–Kier alpha value is -2.73. The molecule has 0 saturated carbocycles. The van der Waals surface area contributed by atoms with Crippen molar-refractivity contribution in [2.24, 2.45) is 4.99 Å². The number of ether oxygens (including phenoxy) is 1. The number of hydrogen-bond acceptors (Lipinski definition) is 4. The molecule has 1 fully saturated rings. The molecular formula is C25H20Cl2N2O2S. The van der Waals surface area contributed by atoms with E-state index in [4.69, 9.17) is 27.9 Å². The van der Waals surface area contributed by atoms with Crippen molar-refractivity contribution < 1.29 is 9.53 Å². The van der Waals surface area contributed by atoms with Crippen LogP contribution in [0, 0.1) is 13.8 Å². The molecule has 1 heterocycles. The normalized spacial score (nSPS) is 15.9. The first-order chi connectivity index (χ1) is 15.4. The quantitative estimate of drug-likeness (QED) is 0.395. The molecule has 4 rings (SSSR count). The van der Waals surface area contributed by atoms with Crippen molar-refractivity contribution >= 4 is 57.8 Å². The number of para-hydroxylation sites is 1. The van der Waals surface area contributed by atoms with Crippen molar-refractivity contribution in [3.05, 3.63) is 97.9 Å². The van der Waals surface area contributed by atoms with E-state index in [2.05, 4.69) is 10.3 Å². The van der Waals surface area contributed by atoms with Crippen molar-refractivity contribution in [1.82, 2.24) is 5.32 Å². The third-order valence-corrected chi connectivity index (χ3v) is 6.34. The lowest BCUT2D eigenvalue weighted by Crippen LogP contribution is -2.19. The second kappa shape index (κ2) is 9.82. The van der Waals surface area contributed by atoms with Crippen molar-refractivity contribution in [2.75, 3.05) is 0 Å². The summed E-state index contributed by atoms with van der Waals surface area (Å²) in [7, 11) is 0. The van der Waals surface area contributed by atoms with Gasteiger partial charge in [0.15, 0.2) is 5.17 Å². The minimum absolute atomic E-state index is 0.186. The van der Waals surface area contributed by atoms with E-state index in [1.165, 1.54) is 11.8 Å². The summed E-state index contributed by atoms with van der Waals surface area (Å²) in [5.74, 6) is 0.467. The molecule has 1 N–H and O–H groups in total. The number of rotatable bonds is 5. The van der Waals surface area contributed by atoms with Crippen LogP contribution in [-0.2, 0) is 11.4 Å².